The zero-order valence-electron chi connectivity index (χ0n) is 15.4. The maximum Gasteiger partial charge on any atom is 0.460 e. The Morgan fingerprint density at radius 3 is 1.33 bits per heavy atom. The van der Waals surface area contributed by atoms with E-state index in [4.69, 9.17) is 0 Å². The highest BCUT2D eigenvalue weighted by atomic mass is 19.4. The second-order valence-corrected chi connectivity index (χ2v) is 6.36. The van der Waals surface area contributed by atoms with Gasteiger partial charge in [0.1, 0.15) is 0 Å². The van der Waals surface area contributed by atoms with Crippen molar-refractivity contribution < 1.29 is 80.5 Å². The third-order valence-electron chi connectivity index (χ3n) is 3.78. The van der Waals surface area contributed by atoms with Crippen LogP contribution in [0.4, 0.5) is 61.5 Å². The van der Waals surface area contributed by atoms with Crippen molar-refractivity contribution in [3.8, 4) is 0 Å². The zero-order valence-corrected chi connectivity index (χ0v) is 15.4. The molecule has 1 heterocycles. The highest BCUT2D eigenvalue weighted by Crippen LogP contribution is 2.47. The molecular weight excluding hydrogens is 514 g/mol. The summed E-state index contributed by atoms with van der Waals surface area (Å²) in [5, 5.41) is 1.31. The summed E-state index contributed by atoms with van der Waals surface area (Å²) in [4.78, 5) is 22.7. The van der Waals surface area contributed by atoms with Gasteiger partial charge in [0.25, 0.3) is 11.8 Å². The predicted octanol–water partition coefficient (Wildman–Crippen LogP) is 2.97. The lowest BCUT2D eigenvalue weighted by Crippen LogP contribution is -2.67. The number of ether oxygens (including phenoxy) is 2. The Labute approximate surface area is 172 Å². The second kappa shape index (κ2) is 8.58. The fraction of sp³-hybridized carbons (Fsp3) is 0.846. The zero-order chi connectivity index (χ0) is 26.4. The first-order valence-corrected chi connectivity index (χ1v) is 7.95. The first-order chi connectivity index (χ1) is 14.4. The summed E-state index contributed by atoms with van der Waals surface area (Å²) in [6.07, 6.45) is -20.9. The smallest absolute Gasteiger partial charge is 0.351 e. The fourth-order valence-corrected chi connectivity index (χ4v) is 2.00. The maximum absolute atomic E-state index is 13.4. The maximum atomic E-state index is 13.4. The first kappa shape index (κ1) is 28.9. The van der Waals surface area contributed by atoms with Crippen LogP contribution in [-0.4, -0.2) is 73.0 Å². The lowest BCUT2D eigenvalue weighted by molar-refractivity contribution is -0.345. The van der Waals surface area contributed by atoms with E-state index in [0.717, 1.165) is 6.92 Å². The number of alkyl halides is 14. The molecule has 2 amide bonds. The van der Waals surface area contributed by atoms with Crippen LogP contribution in [0.5, 0.6) is 0 Å². The number of carbonyl (C=O) groups excluding carboxylic acids is 2. The molecule has 0 aliphatic carbocycles. The summed E-state index contributed by atoms with van der Waals surface area (Å²) in [5.74, 6) is -34.0. The highest BCUT2D eigenvalue weighted by Gasteiger charge is 2.77. The minimum absolute atomic E-state index is 0.648. The van der Waals surface area contributed by atoms with Crippen LogP contribution >= 0.6 is 0 Å². The molecule has 0 aromatic carbocycles. The Hall–Kier alpha value is -2.12. The van der Waals surface area contributed by atoms with E-state index in [2.05, 4.69) is 9.47 Å². The third kappa shape index (κ3) is 5.19. The van der Waals surface area contributed by atoms with Crippen LogP contribution in [0.1, 0.15) is 6.92 Å². The van der Waals surface area contributed by atoms with Gasteiger partial charge in [0.05, 0.1) is 12.7 Å². The molecule has 2 N–H and O–H groups in total. The summed E-state index contributed by atoms with van der Waals surface area (Å²) >= 11 is 0. The summed E-state index contributed by atoms with van der Waals surface area (Å²) in [6.45, 7) is 0.139. The molecule has 0 unspecified atom stereocenters. The van der Waals surface area contributed by atoms with Gasteiger partial charge in [0, 0.05) is 0 Å². The molecule has 194 valence electrons. The molecule has 0 radical (unpaired) electrons. The Morgan fingerprint density at radius 2 is 1.00 bits per heavy atom. The van der Waals surface area contributed by atoms with E-state index < -0.39 is 73.0 Å². The summed E-state index contributed by atoms with van der Waals surface area (Å²) < 4.78 is 187. The van der Waals surface area contributed by atoms with Gasteiger partial charge >= 0.3 is 36.0 Å². The quantitative estimate of drug-likeness (QED) is 0.525. The van der Waals surface area contributed by atoms with Gasteiger partial charge in [-0.05, 0) is 6.92 Å². The molecule has 1 saturated heterocycles. The number of amides is 2. The van der Waals surface area contributed by atoms with Crippen LogP contribution in [0.15, 0.2) is 0 Å². The number of halogens is 14. The van der Waals surface area contributed by atoms with E-state index in [-0.39, 0.29) is 0 Å². The lowest BCUT2D eigenvalue weighted by atomic mass is 10.1. The number of hydrogen-bond donors (Lipinski definition) is 2. The first-order valence-electron chi connectivity index (χ1n) is 7.95. The van der Waals surface area contributed by atoms with Gasteiger partial charge in [0.2, 0.25) is 0 Å². The molecule has 0 aromatic rings. The van der Waals surface area contributed by atoms with Crippen LogP contribution < -0.4 is 10.6 Å². The lowest BCUT2D eigenvalue weighted by Gasteiger charge is -2.38. The molecule has 1 aliphatic heterocycles. The van der Waals surface area contributed by atoms with Gasteiger partial charge < -0.3 is 20.1 Å². The van der Waals surface area contributed by atoms with E-state index in [1.54, 1.807) is 0 Å². The Balaban J connectivity index is 3.14. The molecule has 0 spiro atoms. The van der Waals surface area contributed by atoms with Crippen LogP contribution in [0.3, 0.4) is 0 Å². The van der Waals surface area contributed by atoms with Crippen molar-refractivity contribution >= 4 is 11.8 Å². The van der Waals surface area contributed by atoms with Gasteiger partial charge in [-0.1, -0.05) is 0 Å². The predicted molar refractivity (Wildman–Crippen MR) is 72.3 cm³/mol. The average molecular weight is 524 g/mol. The van der Waals surface area contributed by atoms with E-state index in [0.29, 0.717) is 10.6 Å². The third-order valence-corrected chi connectivity index (χ3v) is 3.78. The minimum atomic E-state index is -6.98. The Bertz CT molecular complexity index is 750. The number of rotatable bonds is 6. The van der Waals surface area contributed by atoms with Crippen molar-refractivity contribution in [1.82, 2.24) is 10.6 Å². The van der Waals surface area contributed by atoms with Gasteiger partial charge in [-0.3, -0.25) is 9.59 Å². The van der Waals surface area contributed by atoms with Crippen molar-refractivity contribution in [1.29, 1.82) is 0 Å². The van der Waals surface area contributed by atoms with Gasteiger partial charge in [-0.25, -0.2) is 0 Å². The molecule has 1 aliphatic rings. The van der Waals surface area contributed by atoms with E-state index >= 15 is 0 Å². The SMILES string of the molecule is C[C@@H]1CO[C@@H](NC(=O)C(F)(F)C(F)(F)C(F)(F)F)[C@H](NC(=O)C(F)(F)C(F)(F)C(F)(F)F)O1. The summed E-state index contributed by atoms with van der Waals surface area (Å²) in [5.41, 5.74) is 0. The number of nitrogens with one attached hydrogen (secondary N) is 2. The van der Waals surface area contributed by atoms with Crippen molar-refractivity contribution in [3.05, 3.63) is 0 Å². The Morgan fingerprint density at radius 1 is 0.667 bits per heavy atom. The molecule has 0 saturated carbocycles. The largest absolute Gasteiger partial charge is 0.460 e. The second-order valence-electron chi connectivity index (χ2n) is 6.36. The van der Waals surface area contributed by atoms with E-state index in [1.807, 2.05) is 0 Å². The van der Waals surface area contributed by atoms with Gasteiger partial charge in [-0.2, -0.15) is 61.5 Å². The van der Waals surface area contributed by atoms with Crippen LogP contribution in [0.25, 0.3) is 0 Å². The van der Waals surface area contributed by atoms with Crippen molar-refractivity contribution in [2.24, 2.45) is 0 Å². The molecule has 1 fully saturated rings. The van der Waals surface area contributed by atoms with Crippen molar-refractivity contribution in [2.75, 3.05) is 6.61 Å². The minimum Gasteiger partial charge on any atom is -0.351 e. The van der Waals surface area contributed by atoms with Crippen molar-refractivity contribution in [3.63, 3.8) is 0 Å². The molecule has 3 atom stereocenters. The number of carbonyl (C=O) groups is 2. The summed E-state index contributed by atoms with van der Waals surface area (Å²) in [6, 6.07) is 0. The van der Waals surface area contributed by atoms with E-state index in [1.165, 1.54) is 0 Å². The van der Waals surface area contributed by atoms with Crippen LogP contribution in [0.2, 0.25) is 0 Å². The molecule has 0 aromatic heterocycles. The summed E-state index contributed by atoms with van der Waals surface area (Å²) in [7, 11) is 0. The fourth-order valence-electron chi connectivity index (χ4n) is 2.00. The monoisotopic (exact) mass is 524 g/mol. The highest BCUT2D eigenvalue weighted by molar-refractivity contribution is 5.86. The molecule has 33 heavy (non-hydrogen) atoms. The van der Waals surface area contributed by atoms with Crippen LogP contribution in [-0.2, 0) is 19.1 Å². The Kier molecular flexibility index (Phi) is 7.52. The van der Waals surface area contributed by atoms with Gasteiger partial charge in [0.15, 0.2) is 12.5 Å². The molecular formula is C13H10F14N2O4. The molecule has 20 heteroatoms. The number of hydrogen-bond acceptors (Lipinski definition) is 4. The van der Waals surface area contributed by atoms with E-state index in [9.17, 15) is 71.1 Å². The standard InChI is InChI=1S/C13H10F14N2O4/c1-3-2-32-4(28-6(30)8(14,15)10(18,19)12(22,23)24)5(33-3)29-7(31)9(16,17)11(20,21)13(25,26)27/h3-5H,2H2,1H3,(H,28,30)(H,29,31)/t3-,4-,5-/m1/s1. The topological polar surface area (TPSA) is 76.7 Å². The van der Waals surface area contributed by atoms with Crippen molar-refractivity contribution in [2.45, 2.75) is 61.5 Å². The normalized spacial score (nSPS) is 23.8. The van der Waals surface area contributed by atoms with Crippen LogP contribution in [0, 0.1) is 0 Å². The average Bonchev–Trinajstić information content (AvgIpc) is 2.61. The van der Waals surface area contributed by atoms with Gasteiger partial charge in [-0.15, -0.1) is 0 Å². The molecule has 1 rings (SSSR count). The molecule has 6 nitrogen and oxygen atoms in total. The molecule has 0 bridgehead atoms.